The van der Waals surface area contributed by atoms with Gasteiger partial charge in [-0.25, -0.2) is 18.3 Å². The van der Waals surface area contributed by atoms with Gasteiger partial charge in [-0.3, -0.25) is 40.8 Å². The first-order valence-corrected chi connectivity index (χ1v) is 43.8. The summed E-state index contributed by atoms with van der Waals surface area (Å²) in [5.74, 6) is -1.64. The second kappa shape index (κ2) is 50.2. The lowest BCUT2D eigenvalue weighted by Gasteiger charge is -2.40. The molecule has 624 valence electrons. The van der Waals surface area contributed by atoms with E-state index in [1.165, 1.54) is 13.8 Å². The van der Waals surface area contributed by atoms with Crippen molar-refractivity contribution in [3.63, 3.8) is 0 Å². The average Bonchev–Trinajstić information content (AvgIpc) is 1.64. The molecule has 38 nitrogen and oxygen atoms in total. The van der Waals surface area contributed by atoms with Gasteiger partial charge in [0.25, 0.3) is 0 Å². The maximum atomic E-state index is 13.8. The van der Waals surface area contributed by atoms with E-state index in [4.69, 9.17) is 88.1 Å². The highest BCUT2D eigenvalue weighted by molar-refractivity contribution is 7.53. The van der Waals surface area contributed by atoms with Crippen LogP contribution in [-0.4, -0.2) is 300 Å². The predicted molar refractivity (Wildman–Crippen MR) is 368 cm³/mol. The van der Waals surface area contributed by atoms with Crippen LogP contribution in [0.15, 0.2) is 0 Å². The van der Waals surface area contributed by atoms with Crippen molar-refractivity contribution in [2.75, 3.05) is 132 Å². The summed E-state index contributed by atoms with van der Waals surface area (Å²) in [6.07, 6.45) is -8.54. The molecule has 12 unspecified atom stereocenters. The molecule has 4 rings (SSSR count). The highest BCUT2D eigenvalue weighted by Gasteiger charge is 2.47. The minimum Gasteiger partial charge on any atom is -0.394 e. The molecular weight excluding hydrogens is 1510 g/mol. The molecule has 0 bridgehead atoms. The van der Waals surface area contributed by atoms with E-state index < -0.39 is 193 Å². The second-order valence-electron chi connectivity index (χ2n) is 27.2. The second-order valence-corrected chi connectivity index (χ2v) is 35.4. The van der Waals surface area contributed by atoms with Gasteiger partial charge in [0, 0.05) is 63.8 Å². The van der Waals surface area contributed by atoms with E-state index in [1.54, 1.807) is 27.7 Å². The summed E-state index contributed by atoms with van der Waals surface area (Å²) in [4.78, 5) is 52.9. The van der Waals surface area contributed by atoms with Crippen molar-refractivity contribution >= 4 is 38.9 Å². The summed E-state index contributed by atoms with van der Waals surface area (Å²) < 4.78 is 170. The van der Waals surface area contributed by atoms with Gasteiger partial charge in [0.15, 0.2) is 18.9 Å². The van der Waals surface area contributed by atoms with Crippen LogP contribution in [0.25, 0.3) is 0 Å². The van der Waals surface area contributed by atoms with Gasteiger partial charge in [-0.05, 0) is 64.7 Å². The molecular formula is C62H123O38P5. The third kappa shape index (κ3) is 36.9. The number of aliphatic hydroxyl groups is 9. The van der Waals surface area contributed by atoms with Crippen LogP contribution < -0.4 is 0 Å². The first kappa shape index (κ1) is 97.2. The Labute approximate surface area is 615 Å². The number of rotatable bonds is 60. The number of hydrogen-bond donors (Lipinski definition) is 14. The fourth-order valence-electron chi connectivity index (χ4n) is 11.2. The first-order chi connectivity index (χ1) is 49.6. The molecule has 4 fully saturated rings. The number of ether oxygens (including phenoxy) is 10. The molecule has 0 aromatic carbocycles. The molecule has 4 aliphatic heterocycles. The maximum absolute atomic E-state index is 13.8. The van der Waals surface area contributed by atoms with E-state index >= 15 is 0 Å². The summed E-state index contributed by atoms with van der Waals surface area (Å²) in [5.41, 5.74) is -2.31. The zero-order chi connectivity index (χ0) is 77.9. The summed E-state index contributed by atoms with van der Waals surface area (Å²) in [6, 6.07) is 0. The maximum Gasteiger partial charge on any atom is 0.472 e. The van der Waals surface area contributed by atoms with Crippen molar-refractivity contribution in [2.24, 2.45) is 23.2 Å². The van der Waals surface area contributed by atoms with E-state index in [-0.39, 0.29) is 125 Å². The number of unbranched alkanes of at least 4 members (excludes halogenated alkanes) is 9. The third-order valence-electron chi connectivity index (χ3n) is 17.8. The van der Waals surface area contributed by atoms with Crippen molar-refractivity contribution in [3.05, 3.63) is 0 Å². The number of phosphoric acid groups is 4. The van der Waals surface area contributed by atoms with E-state index in [0.717, 1.165) is 0 Å². The molecule has 43 heteroatoms. The van der Waals surface area contributed by atoms with Gasteiger partial charge in [0.1, 0.15) is 42.7 Å². The summed E-state index contributed by atoms with van der Waals surface area (Å²) in [5, 5.41) is 89.5. The van der Waals surface area contributed by atoms with E-state index in [2.05, 4.69) is 0 Å². The Morgan fingerprint density at radius 2 is 0.657 bits per heavy atom. The molecule has 0 aromatic heterocycles. The van der Waals surface area contributed by atoms with Gasteiger partial charge < -0.3 is 122 Å². The van der Waals surface area contributed by atoms with Crippen LogP contribution in [-0.2, 0) is 111 Å². The Bertz CT molecular complexity index is 2370. The molecule has 0 radical (unpaired) electrons. The van der Waals surface area contributed by atoms with Crippen molar-refractivity contribution in [3.8, 4) is 0 Å². The Morgan fingerprint density at radius 3 is 0.962 bits per heavy atom. The summed E-state index contributed by atoms with van der Waals surface area (Å²) in [7, 11) is -22.9. The molecule has 0 aromatic rings. The van der Waals surface area contributed by atoms with Gasteiger partial charge in [-0.15, -0.1) is 0 Å². The zero-order valence-electron chi connectivity index (χ0n) is 61.2. The summed E-state index contributed by atoms with van der Waals surface area (Å²) >= 11 is 0. The first-order valence-electron chi connectivity index (χ1n) is 36.2. The van der Waals surface area contributed by atoms with E-state index in [0.29, 0.717) is 77.0 Å². The number of phosphoric ester groups is 4. The Hall–Kier alpha value is -0.170. The lowest BCUT2D eigenvalue weighted by atomic mass is 9.92. The molecule has 0 saturated carbocycles. The van der Waals surface area contributed by atoms with Crippen molar-refractivity contribution < 1.29 is 181 Å². The van der Waals surface area contributed by atoms with Gasteiger partial charge >= 0.3 is 38.9 Å². The lowest BCUT2D eigenvalue weighted by Crippen LogP contribution is -2.55. The average molecular weight is 1630 g/mol. The molecule has 0 spiro atoms. The minimum atomic E-state index is -5.07. The largest absolute Gasteiger partial charge is 0.472 e. The van der Waals surface area contributed by atoms with E-state index in [9.17, 15) is 93.3 Å². The van der Waals surface area contributed by atoms with Crippen LogP contribution in [0.2, 0.25) is 0 Å². The van der Waals surface area contributed by atoms with Crippen LogP contribution in [0.1, 0.15) is 144 Å². The van der Waals surface area contributed by atoms with Crippen molar-refractivity contribution in [1.82, 2.24) is 0 Å². The Kier molecular flexibility index (Phi) is 46.5. The Morgan fingerprint density at radius 1 is 0.362 bits per heavy atom. The molecule has 14 N–H and O–H groups in total. The normalized spacial score (nSPS) is 31.8. The van der Waals surface area contributed by atoms with Gasteiger partial charge in [-0.2, -0.15) is 0 Å². The van der Waals surface area contributed by atoms with Crippen LogP contribution in [0.4, 0.5) is 0 Å². The number of aliphatic hydroxyl groups excluding tert-OH is 9. The quantitative estimate of drug-likeness (QED) is 0.0304. The van der Waals surface area contributed by atoms with Crippen molar-refractivity contribution in [2.45, 2.75) is 242 Å². The monoisotopic (exact) mass is 1630 g/mol. The van der Waals surface area contributed by atoms with Crippen LogP contribution in [0.3, 0.4) is 0 Å². The topological polar surface area (TPSA) is 544 Å². The summed E-state index contributed by atoms with van der Waals surface area (Å²) in [6.45, 7) is 4.58. The number of hydrogen-bond acceptors (Lipinski definition) is 33. The standard InChI is InChI=1S/C62H123O38P5/c1-43(2)101(72,73)100-48-34-44(3)96-52(48)38-94-105(80,81)95-42-62(39-82-22-19-31-91-102(74,75)88-28-16-10-7-13-25-85-59-45(4)53(66)56(69)49(35-63)97-59,40-83-23-20-32-92-103(76,77)89-29-17-11-8-14-26-86-60-46(5)54(67)57(70)50(36-64)98-60)41-84-24-21-33-93-104(78,79)90-30-18-12-9-15-27-87-61-47(6)55(68)58(71)51(37-65)99-61/h43-61,63-71H,7-42H2,1-6H3,(H,72,73)(H,74,75)(H,76,77)(H,78,79)(H,80,81)/t44-,45?,46?,47?,48?,49?,50?,51?,52+,53+,54+,55+,56-,57-,58-,59+,60+,61+,62?/m0/s1. The molecule has 4 aliphatic rings. The van der Waals surface area contributed by atoms with Crippen LogP contribution in [0.5, 0.6) is 0 Å². The predicted octanol–water partition coefficient (Wildman–Crippen LogP) is 3.84. The van der Waals surface area contributed by atoms with Gasteiger partial charge in [-0.1, -0.05) is 73.1 Å². The third-order valence-corrected chi connectivity index (χ3v) is 23.7. The smallest absolute Gasteiger partial charge is 0.394 e. The fourth-order valence-corrected chi connectivity index (χ4v) is 15.3. The molecule has 4 heterocycles. The van der Waals surface area contributed by atoms with Gasteiger partial charge in [0.05, 0.1) is 134 Å². The fraction of sp³-hybridized carbons (Fsp3) is 1.00. The molecule has 0 aliphatic carbocycles. The minimum absolute atomic E-state index is 0.00260. The molecule has 23 atom stereocenters. The Balaban J connectivity index is 1.33. The zero-order valence-corrected chi connectivity index (χ0v) is 65.7. The lowest BCUT2D eigenvalue weighted by molar-refractivity contribution is -0.282. The molecule has 0 amide bonds. The highest BCUT2D eigenvalue weighted by atomic mass is 31.2. The van der Waals surface area contributed by atoms with E-state index in [1.807, 2.05) is 0 Å². The highest BCUT2D eigenvalue weighted by Crippen LogP contribution is 2.52. The van der Waals surface area contributed by atoms with Crippen LogP contribution >= 0.6 is 38.9 Å². The molecule has 4 saturated heterocycles. The van der Waals surface area contributed by atoms with Crippen LogP contribution in [0, 0.1) is 23.2 Å². The van der Waals surface area contributed by atoms with Gasteiger partial charge in [0.2, 0.25) is 0 Å². The molecule has 105 heavy (non-hydrogen) atoms. The SMILES string of the molecule is CC1[C@H](OCCCCCCOP(=O)(O)OCCCOCC(COCCCOP(=O)(O)OCCCCCCO[C@@H]2OC(CO)[C@H](O)[C@H](O)C2C)(COCCCOP(=O)(O)OCCCCCCO[C@@H]2OC(CO)[C@H](O)[C@H](O)C2C)COP(=O)(O)OC[C@H]2O[C@@H](C)CC2OP(=O)(O)C(C)C)OC(CO)[C@H](O)[C@@H]1O. The van der Waals surface area contributed by atoms with Crippen molar-refractivity contribution in [1.29, 1.82) is 0 Å².